The van der Waals surface area contributed by atoms with Crippen molar-refractivity contribution in [2.75, 3.05) is 0 Å². The third kappa shape index (κ3) is 3.56. The first kappa shape index (κ1) is 24.7. The van der Waals surface area contributed by atoms with Gasteiger partial charge in [0.05, 0.1) is 16.7 Å². The van der Waals surface area contributed by atoms with E-state index in [9.17, 15) is 0 Å². The molecule has 8 aromatic rings. The first-order valence-corrected chi connectivity index (χ1v) is 15.9. The lowest BCUT2D eigenvalue weighted by molar-refractivity contribution is 1.02. The van der Waals surface area contributed by atoms with Gasteiger partial charge in [-0.2, -0.15) is 0 Å². The highest BCUT2D eigenvalue weighted by molar-refractivity contribution is 6.11. The molecular formula is C44H29N. The second kappa shape index (κ2) is 9.42. The largest absolute Gasteiger partial charge is 0.309 e. The van der Waals surface area contributed by atoms with Gasteiger partial charge in [-0.25, -0.2) is 0 Å². The van der Waals surface area contributed by atoms with Crippen LogP contribution in [-0.2, 0) is 6.42 Å². The smallest absolute Gasteiger partial charge is 0.0543 e. The summed E-state index contributed by atoms with van der Waals surface area (Å²) in [6, 6.07) is 58.6. The summed E-state index contributed by atoms with van der Waals surface area (Å²) in [5.74, 6) is 0.242. The predicted molar refractivity (Wildman–Crippen MR) is 187 cm³/mol. The quantitative estimate of drug-likeness (QED) is 0.199. The highest BCUT2D eigenvalue weighted by atomic mass is 15.0. The molecule has 2 aliphatic rings. The first-order valence-electron chi connectivity index (χ1n) is 15.9. The Morgan fingerprint density at radius 2 is 1.13 bits per heavy atom. The Balaban J connectivity index is 1.17. The molecule has 1 nitrogen and oxygen atoms in total. The molecule has 10 rings (SSSR count). The zero-order valence-corrected chi connectivity index (χ0v) is 24.7. The molecule has 1 heterocycles. The van der Waals surface area contributed by atoms with Crippen LogP contribution in [0.3, 0.4) is 0 Å². The standard InChI is InChI=1S/C44H29N/c1-2-11-28(12-3-1)43-37-18-7-6-16-34(37)35-23-21-29(27-39(35)43)30-22-24-41-38(26-30)36-17-8-9-19-40(36)45(41)42-20-10-14-32-25-31-13-4-5-15-33(31)44(32)42/h1-24,26-27,43H,25H2. The molecule has 0 spiro atoms. The molecule has 0 radical (unpaired) electrons. The van der Waals surface area contributed by atoms with E-state index in [4.69, 9.17) is 0 Å². The Hall–Kier alpha value is -5.66. The summed E-state index contributed by atoms with van der Waals surface area (Å²) in [6.45, 7) is 0. The fourth-order valence-corrected chi connectivity index (χ4v) is 8.16. The summed E-state index contributed by atoms with van der Waals surface area (Å²) < 4.78 is 2.49. The zero-order valence-electron chi connectivity index (χ0n) is 24.7. The van der Waals surface area contributed by atoms with Crippen LogP contribution in [0.1, 0.15) is 33.7 Å². The van der Waals surface area contributed by atoms with Gasteiger partial charge in [0.2, 0.25) is 0 Å². The molecular weight excluding hydrogens is 542 g/mol. The van der Waals surface area contributed by atoms with Crippen LogP contribution in [0.15, 0.2) is 158 Å². The highest BCUT2D eigenvalue weighted by Crippen LogP contribution is 2.49. The molecule has 45 heavy (non-hydrogen) atoms. The maximum Gasteiger partial charge on any atom is 0.0543 e. The van der Waals surface area contributed by atoms with Gasteiger partial charge < -0.3 is 4.57 Å². The molecule has 2 aliphatic carbocycles. The average Bonchev–Trinajstić information content (AvgIpc) is 3.76. The fraction of sp³-hybridized carbons (Fsp3) is 0.0455. The van der Waals surface area contributed by atoms with Crippen LogP contribution in [0.5, 0.6) is 0 Å². The van der Waals surface area contributed by atoms with E-state index in [2.05, 4.69) is 162 Å². The van der Waals surface area contributed by atoms with Gasteiger partial charge >= 0.3 is 0 Å². The van der Waals surface area contributed by atoms with Gasteiger partial charge in [0.1, 0.15) is 0 Å². The molecule has 0 bridgehead atoms. The molecule has 0 saturated heterocycles. The Kier molecular flexibility index (Phi) is 5.18. The van der Waals surface area contributed by atoms with E-state index in [0.717, 1.165) is 6.42 Å². The zero-order chi connectivity index (χ0) is 29.5. The van der Waals surface area contributed by atoms with E-state index in [1.54, 1.807) is 0 Å². The Morgan fingerprint density at radius 3 is 2.07 bits per heavy atom. The second-order valence-corrected chi connectivity index (χ2v) is 12.5. The van der Waals surface area contributed by atoms with Crippen LogP contribution >= 0.6 is 0 Å². The van der Waals surface area contributed by atoms with E-state index in [1.807, 2.05) is 0 Å². The van der Waals surface area contributed by atoms with Crippen molar-refractivity contribution in [1.29, 1.82) is 0 Å². The SMILES string of the molecule is c1ccc(C2c3ccccc3-c3ccc(-c4ccc5c(c4)c4ccccc4n5-c4cccc5c4-c4ccccc4C5)cc32)cc1. The number of para-hydroxylation sites is 1. The first-order chi connectivity index (χ1) is 22.3. The summed E-state index contributed by atoms with van der Waals surface area (Å²) in [5, 5.41) is 2.57. The lowest BCUT2D eigenvalue weighted by Gasteiger charge is -2.16. The molecule has 0 amide bonds. The minimum atomic E-state index is 0.242. The second-order valence-electron chi connectivity index (χ2n) is 12.5. The maximum atomic E-state index is 2.49. The third-order valence-corrected chi connectivity index (χ3v) is 10.1. The van der Waals surface area contributed by atoms with Crippen molar-refractivity contribution < 1.29 is 0 Å². The van der Waals surface area contributed by atoms with Crippen molar-refractivity contribution >= 4 is 21.8 Å². The van der Waals surface area contributed by atoms with Crippen molar-refractivity contribution in [2.24, 2.45) is 0 Å². The molecule has 7 aromatic carbocycles. The van der Waals surface area contributed by atoms with Crippen LogP contribution < -0.4 is 0 Å². The highest BCUT2D eigenvalue weighted by Gasteiger charge is 2.30. The summed E-state index contributed by atoms with van der Waals surface area (Å²) >= 11 is 0. The summed E-state index contributed by atoms with van der Waals surface area (Å²) in [6.07, 6.45) is 0.993. The minimum absolute atomic E-state index is 0.242. The van der Waals surface area contributed by atoms with Crippen molar-refractivity contribution in [3.05, 3.63) is 186 Å². The maximum absolute atomic E-state index is 2.49. The number of aromatic nitrogens is 1. The van der Waals surface area contributed by atoms with Crippen molar-refractivity contribution in [1.82, 2.24) is 4.57 Å². The summed E-state index contributed by atoms with van der Waals surface area (Å²) in [5.41, 5.74) is 18.6. The van der Waals surface area contributed by atoms with Crippen LogP contribution in [0.4, 0.5) is 0 Å². The van der Waals surface area contributed by atoms with Gasteiger partial charge in [-0.15, -0.1) is 0 Å². The van der Waals surface area contributed by atoms with Crippen molar-refractivity contribution in [3.63, 3.8) is 0 Å². The van der Waals surface area contributed by atoms with Crippen LogP contribution in [0.25, 0.3) is 60.9 Å². The van der Waals surface area contributed by atoms with Crippen molar-refractivity contribution in [3.8, 4) is 39.1 Å². The van der Waals surface area contributed by atoms with E-state index in [-0.39, 0.29) is 5.92 Å². The predicted octanol–water partition coefficient (Wildman–Crippen LogP) is 11.2. The Labute approximate surface area is 262 Å². The minimum Gasteiger partial charge on any atom is -0.309 e. The summed E-state index contributed by atoms with van der Waals surface area (Å²) in [4.78, 5) is 0. The van der Waals surface area contributed by atoms with Gasteiger partial charge in [-0.3, -0.25) is 0 Å². The van der Waals surface area contributed by atoms with Crippen LogP contribution in [-0.4, -0.2) is 4.57 Å². The van der Waals surface area contributed by atoms with Gasteiger partial charge in [0.15, 0.2) is 0 Å². The van der Waals surface area contributed by atoms with E-state index >= 15 is 0 Å². The van der Waals surface area contributed by atoms with Gasteiger partial charge in [0, 0.05) is 22.3 Å². The average molecular weight is 572 g/mol. The molecule has 0 fully saturated rings. The van der Waals surface area contributed by atoms with E-state index in [0.29, 0.717) is 0 Å². The normalized spacial score (nSPS) is 14.4. The van der Waals surface area contributed by atoms with E-state index < -0.39 is 0 Å². The molecule has 210 valence electrons. The number of nitrogens with zero attached hydrogens (tertiary/aromatic N) is 1. The van der Waals surface area contributed by atoms with Crippen LogP contribution in [0.2, 0.25) is 0 Å². The van der Waals surface area contributed by atoms with Crippen LogP contribution in [0, 0.1) is 0 Å². The third-order valence-electron chi connectivity index (χ3n) is 10.1. The number of hydrogen-bond acceptors (Lipinski definition) is 0. The van der Waals surface area contributed by atoms with Gasteiger partial charge in [-0.1, -0.05) is 127 Å². The van der Waals surface area contributed by atoms with Gasteiger partial charge in [-0.05, 0) is 92.4 Å². The Bertz CT molecular complexity index is 2460. The number of hydrogen-bond donors (Lipinski definition) is 0. The lowest BCUT2D eigenvalue weighted by atomic mass is 9.88. The molecule has 1 aromatic heterocycles. The molecule has 1 atom stereocenters. The molecule has 0 saturated carbocycles. The fourth-order valence-electron chi connectivity index (χ4n) is 8.16. The monoisotopic (exact) mass is 571 g/mol. The lowest BCUT2D eigenvalue weighted by Crippen LogP contribution is -1.99. The number of rotatable bonds is 3. The summed E-state index contributed by atoms with van der Waals surface area (Å²) in [7, 11) is 0. The molecule has 1 unspecified atom stereocenters. The number of benzene rings is 7. The Morgan fingerprint density at radius 1 is 0.444 bits per heavy atom. The molecule has 1 heteroatoms. The van der Waals surface area contributed by atoms with Gasteiger partial charge in [0.25, 0.3) is 0 Å². The van der Waals surface area contributed by atoms with Crippen molar-refractivity contribution in [2.45, 2.75) is 12.3 Å². The topological polar surface area (TPSA) is 4.93 Å². The molecule has 0 N–H and O–H groups in total. The molecule has 0 aliphatic heterocycles. The van der Waals surface area contributed by atoms with E-state index in [1.165, 1.54) is 88.7 Å². The number of fused-ring (bicyclic) bond motifs is 9.